The van der Waals surface area contributed by atoms with Gasteiger partial charge in [0.25, 0.3) is 0 Å². The summed E-state index contributed by atoms with van der Waals surface area (Å²) < 4.78 is 45.7. The van der Waals surface area contributed by atoms with E-state index in [1.165, 1.54) is 0 Å². The van der Waals surface area contributed by atoms with Crippen molar-refractivity contribution in [2.45, 2.75) is 49.6 Å². The SMILES string of the molecule is C[C@@H]1CN(C(=O)[C@H](C)Sc2nc(-c3ccccc3)cc(C(F)(F)F)n2)C[C@@H](C)O1. The molecule has 1 aromatic heterocycles. The summed E-state index contributed by atoms with van der Waals surface area (Å²) in [6.45, 7) is 6.33. The third kappa shape index (κ3) is 5.48. The van der Waals surface area contributed by atoms with Crippen LogP contribution in [0, 0.1) is 0 Å². The molecule has 2 heterocycles. The zero-order valence-corrected chi connectivity index (χ0v) is 17.1. The number of hydrogen-bond donors (Lipinski definition) is 0. The fourth-order valence-electron chi connectivity index (χ4n) is 3.20. The van der Waals surface area contributed by atoms with Crippen molar-refractivity contribution >= 4 is 17.7 Å². The fraction of sp³-hybridized carbons (Fsp3) is 0.450. The number of alkyl halides is 3. The standard InChI is InChI=1S/C20H22F3N3O2S/c1-12-10-26(11-13(2)28-12)18(27)14(3)29-19-24-16(15-7-5-4-6-8-15)9-17(25-19)20(21,22)23/h4-9,12-14H,10-11H2,1-3H3/t12-,13-,14+/m1/s1. The lowest BCUT2D eigenvalue weighted by molar-refractivity contribution is -0.142. The first-order chi connectivity index (χ1) is 13.6. The minimum absolute atomic E-state index is 0.0751. The van der Waals surface area contributed by atoms with Gasteiger partial charge < -0.3 is 9.64 Å². The molecule has 0 N–H and O–H groups in total. The summed E-state index contributed by atoms with van der Waals surface area (Å²) in [6, 6.07) is 9.52. The molecule has 1 aliphatic heterocycles. The van der Waals surface area contributed by atoms with E-state index in [0.29, 0.717) is 18.7 Å². The Balaban J connectivity index is 1.85. The van der Waals surface area contributed by atoms with E-state index in [9.17, 15) is 18.0 Å². The van der Waals surface area contributed by atoms with Crippen molar-refractivity contribution < 1.29 is 22.7 Å². The lowest BCUT2D eigenvalue weighted by atomic mass is 10.1. The Morgan fingerprint density at radius 2 is 1.79 bits per heavy atom. The number of aromatic nitrogens is 2. The van der Waals surface area contributed by atoms with E-state index >= 15 is 0 Å². The second-order valence-electron chi connectivity index (χ2n) is 7.05. The Kier molecular flexibility index (Phi) is 6.48. The Morgan fingerprint density at radius 3 is 2.38 bits per heavy atom. The summed E-state index contributed by atoms with van der Waals surface area (Å²) in [5, 5.41) is -0.700. The van der Waals surface area contributed by atoms with E-state index in [1.54, 1.807) is 42.2 Å². The first-order valence-corrected chi connectivity index (χ1v) is 10.1. The van der Waals surface area contributed by atoms with Gasteiger partial charge in [0.2, 0.25) is 5.91 Å². The molecule has 1 amide bonds. The van der Waals surface area contributed by atoms with E-state index in [0.717, 1.165) is 17.8 Å². The minimum atomic E-state index is -4.61. The van der Waals surface area contributed by atoms with E-state index in [1.807, 2.05) is 13.8 Å². The van der Waals surface area contributed by atoms with Gasteiger partial charge in [-0.05, 0) is 26.8 Å². The molecule has 3 atom stereocenters. The summed E-state index contributed by atoms with van der Waals surface area (Å²) in [5.41, 5.74) is -0.303. The average Bonchev–Trinajstić information content (AvgIpc) is 2.66. The first-order valence-electron chi connectivity index (χ1n) is 9.26. The normalized spacial score (nSPS) is 21.1. The molecule has 0 radical (unpaired) electrons. The lowest BCUT2D eigenvalue weighted by Crippen LogP contribution is -2.50. The highest BCUT2D eigenvalue weighted by Crippen LogP contribution is 2.33. The molecule has 0 unspecified atom stereocenters. The number of hydrogen-bond acceptors (Lipinski definition) is 5. The van der Waals surface area contributed by atoms with Crippen LogP contribution in [0.1, 0.15) is 26.5 Å². The van der Waals surface area contributed by atoms with Crippen LogP contribution < -0.4 is 0 Å². The van der Waals surface area contributed by atoms with Gasteiger partial charge in [-0.1, -0.05) is 42.1 Å². The van der Waals surface area contributed by atoms with Gasteiger partial charge in [-0.3, -0.25) is 4.79 Å². The smallest absolute Gasteiger partial charge is 0.372 e. The zero-order chi connectivity index (χ0) is 21.2. The lowest BCUT2D eigenvalue weighted by Gasteiger charge is -2.36. The van der Waals surface area contributed by atoms with E-state index in [2.05, 4.69) is 9.97 Å². The molecule has 0 bridgehead atoms. The van der Waals surface area contributed by atoms with Crippen LogP contribution in [-0.2, 0) is 15.7 Å². The Morgan fingerprint density at radius 1 is 1.17 bits per heavy atom. The van der Waals surface area contributed by atoms with Gasteiger partial charge in [-0.25, -0.2) is 9.97 Å². The van der Waals surface area contributed by atoms with E-state index < -0.39 is 17.1 Å². The first kappa shape index (κ1) is 21.6. The second kappa shape index (κ2) is 8.71. The van der Waals surface area contributed by atoms with Crippen molar-refractivity contribution in [3.05, 3.63) is 42.1 Å². The Labute approximate surface area is 171 Å². The number of carbonyl (C=O) groups excluding carboxylic acids is 1. The van der Waals surface area contributed by atoms with Crippen molar-refractivity contribution in [2.24, 2.45) is 0 Å². The molecule has 1 aromatic carbocycles. The molecule has 2 aromatic rings. The minimum Gasteiger partial charge on any atom is -0.372 e. The molecule has 1 saturated heterocycles. The summed E-state index contributed by atoms with van der Waals surface area (Å²) in [6.07, 6.45) is -4.78. The topological polar surface area (TPSA) is 55.3 Å². The second-order valence-corrected chi connectivity index (χ2v) is 8.35. The molecule has 3 rings (SSSR count). The molecule has 0 aliphatic carbocycles. The van der Waals surface area contributed by atoms with E-state index in [-0.39, 0.29) is 29.0 Å². The monoisotopic (exact) mass is 425 g/mol. The molecule has 0 saturated carbocycles. The van der Waals surface area contributed by atoms with Gasteiger partial charge in [0, 0.05) is 18.7 Å². The maximum atomic E-state index is 13.3. The quantitative estimate of drug-likeness (QED) is 0.541. The van der Waals surface area contributed by atoms with Crippen molar-refractivity contribution in [3.63, 3.8) is 0 Å². The number of morpholine rings is 1. The van der Waals surface area contributed by atoms with Gasteiger partial charge in [-0.15, -0.1) is 0 Å². The van der Waals surface area contributed by atoms with Crippen LogP contribution in [0.3, 0.4) is 0 Å². The number of ether oxygens (including phenoxy) is 1. The highest BCUT2D eigenvalue weighted by molar-refractivity contribution is 8.00. The largest absolute Gasteiger partial charge is 0.433 e. The number of carbonyl (C=O) groups is 1. The van der Waals surface area contributed by atoms with Crippen LogP contribution in [0.15, 0.2) is 41.6 Å². The third-order valence-electron chi connectivity index (χ3n) is 4.43. The summed E-state index contributed by atoms with van der Waals surface area (Å²) in [5.74, 6) is -0.167. The number of halogens is 3. The molecule has 1 fully saturated rings. The van der Waals surface area contributed by atoms with Gasteiger partial charge in [0.05, 0.1) is 23.2 Å². The van der Waals surface area contributed by atoms with Crippen molar-refractivity contribution in [1.82, 2.24) is 14.9 Å². The number of thioether (sulfide) groups is 1. The van der Waals surface area contributed by atoms with Crippen LogP contribution in [0.25, 0.3) is 11.3 Å². The summed E-state index contributed by atoms with van der Waals surface area (Å²) >= 11 is 0.933. The molecule has 5 nitrogen and oxygen atoms in total. The van der Waals surface area contributed by atoms with Crippen LogP contribution in [0.2, 0.25) is 0 Å². The molecular weight excluding hydrogens is 403 g/mol. The average molecular weight is 425 g/mol. The van der Waals surface area contributed by atoms with Gasteiger partial charge in [0.15, 0.2) is 5.16 Å². The molecule has 29 heavy (non-hydrogen) atoms. The number of rotatable bonds is 4. The summed E-state index contributed by atoms with van der Waals surface area (Å²) in [4.78, 5) is 22.4. The molecule has 0 spiro atoms. The van der Waals surface area contributed by atoms with Gasteiger partial charge in [-0.2, -0.15) is 13.2 Å². The van der Waals surface area contributed by atoms with Crippen LogP contribution in [0.4, 0.5) is 13.2 Å². The summed E-state index contributed by atoms with van der Waals surface area (Å²) in [7, 11) is 0. The van der Waals surface area contributed by atoms with Crippen molar-refractivity contribution in [3.8, 4) is 11.3 Å². The van der Waals surface area contributed by atoms with Gasteiger partial charge in [0.1, 0.15) is 5.69 Å². The maximum Gasteiger partial charge on any atom is 0.433 e. The van der Waals surface area contributed by atoms with Crippen molar-refractivity contribution in [2.75, 3.05) is 13.1 Å². The zero-order valence-electron chi connectivity index (χ0n) is 16.3. The predicted octanol–water partition coefficient (Wildman–Crippen LogP) is 4.28. The van der Waals surface area contributed by atoms with Crippen LogP contribution >= 0.6 is 11.8 Å². The van der Waals surface area contributed by atoms with E-state index in [4.69, 9.17) is 4.74 Å². The number of amides is 1. The number of benzene rings is 1. The Bertz CT molecular complexity index is 854. The van der Waals surface area contributed by atoms with Crippen LogP contribution in [0.5, 0.6) is 0 Å². The van der Waals surface area contributed by atoms with Gasteiger partial charge >= 0.3 is 6.18 Å². The third-order valence-corrected chi connectivity index (χ3v) is 5.38. The molecule has 9 heteroatoms. The highest BCUT2D eigenvalue weighted by Gasteiger charge is 2.35. The highest BCUT2D eigenvalue weighted by atomic mass is 32.2. The maximum absolute atomic E-state index is 13.3. The molecule has 1 aliphatic rings. The predicted molar refractivity (Wildman–Crippen MR) is 104 cm³/mol. The number of nitrogens with zero attached hydrogens (tertiary/aromatic N) is 3. The Hall–Kier alpha value is -2.13. The fourth-order valence-corrected chi connectivity index (χ4v) is 4.07. The molecular formula is C20H22F3N3O2S. The van der Waals surface area contributed by atoms with Crippen molar-refractivity contribution in [1.29, 1.82) is 0 Å². The molecule has 156 valence electrons. The van der Waals surface area contributed by atoms with Crippen LogP contribution in [-0.4, -0.2) is 51.3 Å².